The van der Waals surface area contributed by atoms with Crippen LogP contribution >= 0.6 is 0 Å². The van der Waals surface area contributed by atoms with E-state index in [0.29, 0.717) is 24.8 Å². The molecular formula is C16H30N2O2. The van der Waals surface area contributed by atoms with E-state index in [1.807, 2.05) is 13.8 Å². The largest absolute Gasteiger partial charge is 0.342 e. The van der Waals surface area contributed by atoms with Crippen LogP contribution in [0.15, 0.2) is 0 Å². The second-order valence-corrected chi connectivity index (χ2v) is 6.85. The SMILES string of the molecule is CCC(CC)CN1C(=O)C(CC(C)C)NC(=O)C1(C)C. The highest BCUT2D eigenvalue weighted by molar-refractivity contribution is 5.99. The lowest BCUT2D eigenvalue weighted by molar-refractivity contribution is -0.156. The Morgan fingerprint density at radius 3 is 2.20 bits per heavy atom. The van der Waals surface area contributed by atoms with Crippen LogP contribution in [0.3, 0.4) is 0 Å². The maximum absolute atomic E-state index is 12.7. The zero-order valence-corrected chi connectivity index (χ0v) is 13.8. The zero-order valence-electron chi connectivity index (χ0n) is 13.8. The molecule has 4 nitrogen and oxygen atoms in total. The summed E-state index contributed by atoms with van der Waals surface area (Å²) < 4.78 is 0. The number of hydrogen-bond donors (Lipinski definition) is 1. The zero-order chi connectivity index (χ0) is 15.5. The Labute approximate surface area is 123 Å². The predicted molar refractivity (Wildman–Crippen MR) is 81.2 cm³/mol. The fraction of sp³-hybridized carbons (Fsp3) is 0.875. The molecule has 0 aliphatic carbocycles. The monoisotopic (exact) mass is 282 g/mol. The van der Waals surface area contributed by atoms with E-state index in [4.69, 9.17) is 0 Å². The van der Waals surface area contributed by atoms with Crippen molar-refractivity contribution < 1.29 is 9.59 Å². The Morgan fingerprint density at radius 2 is 1.75 bits per heavy atom. The first-order chi connectivity index (χ1) is 9.23. The van der Waals surface area contributed by atoms with Gasteiger partial charge in [-0.1, -0.05) is 40.5 Å². The molecule has 1 atom stereocenters. The van der Waals surface area contributed by atoms with Crippen LogP contribution in [0.2, 0.25) is 0 Å². The van der Waals surface area contributed by atoms with E-state index in [-0.39, 0.29) is 17.9 Å². The Morgan fingerprint density at radius 1 is 1.20 bits per heavy atom. The molecule has 0 saturated carbocycles. The highest BCUT2D eigenvalue weighted by Crippen LogP contribution is 2.26. The molecule has 0 spiro atoms. The summed E-state index contributed by atoms with van der Waals surface area (Å²) in [6.45, 7) is 12.8. The molecule has 1 aliphatic rings. The van der Waals surface area contributed by atoms with Gasteiger partial charge in [-0.3, -0.25) is 9.59 Å². The maximum Gasteiger partial charge on any atom is 0.246 e. The summed E-state index contributed by atoms with van der Waals surface area (Å²) in [5, 5.41) is 2.90. The van der Waals surface area contributed by atoms with E-state index in [0.717, 1.165) is 12.8 Å². The molecule has 1 rings (SSSR count). The van der Waals surface area contributed by atoms with Crippen LogP contribution in [0.5, 0.6) is 0 Å². The molecule has 1 saturated heterocycles. The number of nitrogens with zero attached hydrogens (tertiary/aromatic N) is 1. The second kappa shape index (κ2) is 6.59. The first kappa shape index (κ1) is 17.0. The topological polar surface area (TPSA) is 49.4 Å². The van der Waals surface area contributed by atoms with Gasteiger partial charge in [-0.25, -0.2) is 0 Å². The van der Waals surface area contributed by atoms with Gasteiger partial charge in [0.1, 0.15) is 11.6 Å². The van der Waals surface area contributed by atoms with Crippen LogP contribution in [-0.2, 0) is 9.59 Å². The molecule has 0 bridgehead atoms. The first-order valence-electron chi connectivity index (χ1n) is 7.86. The molecule has 1 unspecified atom stereocenters. The number of carbonyl (C=O) groups is 2. The lowest BCUT2D eigenvalue weighted by Crippen LogP contribution is -2.69. The van der Waals surface area contributed by atoms with Crippen molar-refractivity contribution in [2.24, 2.45) is 11.8 Å². The van der Waals surface area contributed by atoms with Crippen LogP contribution in [0.1, 0.15) is 60.8 Å². The minimum atomic E-state index is -0.743. The molecule has 1 aliphatic heterocycles. The first-order valence-corrected chi connectivity index (χ1v) is 7.86. The number of hydrogen-bond acceptors (Lipinski definition) is 2. The maximum atomic E-state index is 12.7. The van der Waals surface area contributed by atoms with Crippen LogP contribution < -0.4 is 5.32 Å². The molecule has 1 fully saturated rings. The molecule has 4 heteroatoms. The van der Waals surface area contributed by atoms with Crippen molar-refractivity contribution in [3.8, 4) is 0 Å². The number of nitrogens with one attached hydrogen (secondary N) is 1. The van der Waals surface area contributed by atoms with Crippen molar-refractivity contribution in [2.45, 2.75) is 72.4 Å². The fourth-order valence-corrected chi connectivity index (χ4v) is 2.74. The summed E-state index contributed by atoms with van der Waals surface area (Å²) in [6.07, 6.45) is 2.78. The minimum absolute atomic E-state index is 0.0336. The van der Waals surface area contributed by atoms with Crippen molar-refractivity contribution in [3.05, 3.63) is 0 Å². The van der Waals surface area contributed by atoms with E-state index < -0.39 is 5.54 Å². The molecule has 1 N–H and O–H groups in total. The van der Waals surface area contributed by atoms with Gasteiger partial charge >= 0.3 is 0 Å². The molecule has 2 amide bonds. The third kappa shape index (κ3) is 3.53. The fourth-order valence-electron chi connectivity index (χ4n) is 2.74. The van der Waals surface area contributed by atoms with Gasteiger partial charge in [-0.2, -0.15) is 0 Å². The molecular weight excluding hydrogens is 252 g/mol. The standard InChI is InChI=1S/C16H30N2O2/c1-7-12(8-2)10-18-14(19)13(9-11(3)4)17-15(20)16(18,5)6/h11-13H,7-10H2,1-6H3,(H,17,20). The molecule has 20 heavy (non-hydrogen) atoms. The molecule has 0 aromatic carbocycles. The van der Waals surface area contributed by atoms with E-state index >= 15 is 0 Å². The van der Waals surface area contributed by atoms with Crippen molar-refractivity contribution in [1.29, 1.82) is 0 Å². The van der Waals surface area contributed by atoms with Crippen molar-refractivity contribution in [1.82, 2.24) is 10.2 Å². The Hall–Kier alpha value is -1.06. The van der Waals surface area contributed by atoms with Gasteiger partial charge in [0.05, 0.1) is 0 Å². The Balaban J connectivity index is 2.95. The van der Waals surface area contributed by atoms with Gasteiger partial charge in [0.25, 0.3) is 0 Å². The summed E-state index contributed by atoms with van der Waals surface area (Å²) in [6, 6.07) is -0.357. The van der Waals surface area contributed by atoms with Crippen LogP contribution in [-0.4, -0.2) is 34.8 Å². The van der Waals surface area contributed by atoms with Gasteiger partial charge in [-0.05, 0) is 32.1 Å². The number of rotatable bonds is 6. The highest BCUT2D eigenvalue weighted by atomic mass is 16.2. The van der Waals surface area contributed by atoms with Crippen molar-refractivity contribution in [3.63, 3.8) is 0 Å². The van der Waals surface area contributed by atoms with Crippen molar-refractivity contribution >= 4 is 11.8 Å². The van der Waals surface area contributed by atoms with E-state index in [1.165, 1.54) is 0 Å². The highest BCUT2D eigenvalue weighted by Gasteiger charge is 2.46. The Bertz CT molecular complexity index is 359. The summed E-state index contributed by atoms with van der Waals surface area (Å²) >= 11 is 0. The predicted octanol–water partition coefficient (Wildman–Crippen LogP) is 2.57. The molecule has 116 valence electrons. The third-order valence-electron chi connectivity index (χ3n) is 4.40. The lowest BCUT2D eigenvalue weighted by Gasteiger charge is -2.45. The van der Waals surface area contributed by atoms with Gasteiger partial charge in [0, 0.05) is 6.54 Å². The smallest absolute Gasteiger partial charge is 0.246 e. The number of piperazine rings is 1. The quantitative estimate of drug-likeness (QED) is 0.814. The minimum Gasteiger partial charge on any atom is -0.342 e. The third-order valence-corrected chi connectivity index (χ3v) is 4.40. The van der Waals surface area contributed by atoms with Crippen molar-refractivity contribution in [2.75, 3.05) is 6.54 Å². The van der Waals surface area contributed by atoms with Gasteiger partial charge in [0.2, 0.25) is 11.8 Å². The van der Waals surface area contributed by atoms with Crippen LogP contribution in [0.4, 0.5) is 0 Å². The van der Waals surface area contributed by atoms with E-state index in [2.05, 4.69) is 33.0 Å². The van der Waals surface area contributed by atoms with E-state index in [1.54, 1.807) is 4.90 Å². The Kier molecular flexibility index (Phi) is 5.60. The van der Waals surface area contributed by atoms with Gasteiger partial charge in [-0.15, -0.1) is 0 Å². The molecule has 1 heterocycles. The van der Waals surface area contributed by atoms with E-state index in [9.17, 15) is 9.59 Å². The second-order valence-electron chi connectivity index (χ2n) is 6.85. The lowest BCUT2D eigenvalue weighted by atomic mass is 9.90. The summed E-state index contributed by atoms with van der Waals surface area (Å²) in [4.78, 5) is 26.8. The van der Waals surface area contributed by atoms with Gasteiger partial charge < -0.3 is 10.2 Å². The molecule has 0 radical (unpaired) electrons. The average molecular weight is 282 g/mol. The summed E-state index contributed by atoms with van der Waals surface area (Å²) in [5.74, 6) is 0.896. The summed E-state index contributed by atoms with van der Waals surface area (Å²) in [5.41, 5.74) is -0.743. The average Bonchev–Trinajstić information content (AvgIpc) is 2.36. The van der Waals surface area contributed by atoms with Gasteiger partial charge in [0.15, 0.2) is 0 Å². The molecule has 0 aromatic heterocycles. The summed E-state index contributed by atoms with van der Waals surface area (Å²) in [7, 11) is 0. The number of amides is 2. The van der Waals surface area contributed by atoms with Crippen LogP contribution in [0.25, 0.3) is 0 Å². The number of carbonyl (C=O) groups excluding carboxylic acids is 2. The molecule has 0 aromatic rings. The van der Waals surface area contributed by atoms with Crippen LogP contribution in [0, 0.1) is 11.8 Å². The normalized spacial score (nSPS) is 22.6.